The Morgan fingerprint density at radius 1 is 1.25 bits per heavy atom. The van der Waals surface area contributed by atoms with Gasteiger partial charge < -0.3 is 0 Å². The van der Waals surface area contributed by atoms with Gasteiger partial charge in [-0.1, -0.05) is 13.0 Å². The molecule has 0 spiro atoms. The summed E-state index contributed by atoms with van der Waals surface area (Å²) in [5.41, 5.74) is 0.390. The molecular formula is C12H12Cl2F2N4. The van der Waals surface area contributed by atoms with Crippen LogP contribution in [0.1, 0.15) is 26.1 Å². The molecule has 4 nitrogen and oxygen atoms in total. The Labute approximate surface area is 125 Å². The number of allylic oxidation sites excluding steroid dienone is 3. The summed E-state index contributed by atoms with van der Waals surface area (Å²) in [6.07, 6.45) is 1.81. The lowest BCUT2D eigenvalue weighted by atomic mass is 10.2. The second-order valence-corrected chi connectivity index (χ2v) is 4.38. The van der Waals surface area contributed by atoms with Gasteiger partial charge in [0, 0.05) is 23.6 Å². The molecule has 1 aromatic heterocycles. The van der Waals surface area contributed by atoms with Gasteiger partial charge in [-0.2, -0.15) is 15.0 Å². The van der Waals surface area contributed by atoms with Crippen molar-refractivity contribution >= 4 is 35.0 Å². The molecule has 0 radical (unpaired) electrons. The molecule has 0 saturated heterocycles. The smallest absolute Gasteiger partial charge is 0.264 e. The zero-order valence-electron chi connectivity index (χ0n) is 10.8. The van der Waals surface area contributed by atoms with Gasteiger partial charge in [-0.25, -0.2) is 8.78 Å². The summed E-state index contributed by atoms with van der Waals surface area (Å²) in [4.78, 5) is 15.1. The molecule has 0 N–H and O–H groups in total. The second kappa shape index (κ2) is 8.01. The van der Waals surface area contributed by atoms with Crippen molar-refractivity contribution in [1.29, 1.82) is 0 Å². The molecule has 0 fully saturated rings. The Morgan fingerprint density at radius 3 is 2.35 bits per heavy atom. The average Bonchev–Trinajstić information content (AvgIpc) is 2.36. The van der Waals surface area contributed by atoms with Crippen LogP contribution in [0.3, 0.4) is 0 Å². The number of nitrogens with zero attached hydrogens (tertiary/aromatic N) is 4. The first-order valence-corrected chi connectivity index (χ1v) is 6.45. The molecule has 0 bridgehead atoms. The maximum Gasteiger partial charge on any atom is 0.265 e. The summed E-state index contributed by atoms with van der Waals surface area (Å²) in [6, 6.07) is 0. The molecule has 8 heteroatoms. The molecule has 0 aliphatic rings. The highest BCUT2D eigenvalue weighted by Crippen LogP contribution is 2.14. The van der Waals surface area contributed by atoms with Crippen molar-refractivity contribution in [3.63, 3.8) is 0 Å². The van der Waals surface area contributed by atoms with Gasteiger partial charge in [-0.15, -0.1) is 0 Å². The minimum atomic E-state index is -2.56. The first-order chi connectivity index (χ1) is 9.43. The third-order valence-electron chi connectivity index (χ3n) is 2.12. The highest BCUT2D eigenvalue weighted by molar-refractivity contribution is 6.31. The first kappa shape index (κ1) is 16.7. The van der Waals surface area contributed by atoms with Crippen molar-refractivity contribution in [1.82, 2.24) is 15.0 Å². The molecule has 0 aromatic carbocycles. The molecule has 1 rings (SSSR count). The Hall–Kier alpha value is -1.40. The maximum atomic E-state index is 12.6. The molecule has 0 amide bonds. The van der Waals surface area contributed by atoms with Crippen LogP contribution >= 0.6 is 23.2 Å². The predicted molar refractivity (Wildman–Crippen MR) is 76.4 cm³/mol. The summed E-state index contributed by atoms with van der Waals surface area (Å²) in [5, 5.41) is -0.0910. The SMILES string of the molecule is CC\C=C(/C=N\C=C(/C)c1nc(Cl)nc(Cl)n1)C(F)F. The summed E-state index contributed by atoms with van der Waals surface area (Å²) >= 11 is 11.3. The normalized spacial score (nSPS) is 13.6. The lowest BCUT2D eigenvalue weighted by molar-refractivity contribution is 0.197. The highest BCUT2D eigenvalue weighted by atomic mass is 35.5. The van der Waals surface area contributed by atoms with Gasteiger partial charge in [0.05, 0.1) is 0 Å². The Morgan fingerprint density at radius 2 is 1.85 bits per heavy atom. The third kappa shape index (κ3) is 5.30. The van der Waals surface area contributed by atoms with Gasteiger partial charge in [0.15, 0.2) is 5.82 Å². The lowest BCUT2D eigenvalue weighted by Gasteiger charge is -2.00. The summed E-state index contributed by atoms with van der Waals surface area (Å²) in [7, 11) is 0. The highest BCUT2D eigenvalue weighted by Gasteiger charge is 2.07. The van der Waals surface area contributed by atoms with Crippen molar-refractivity contribution in [2.45, 2.75) is 26.7 Å². The third-order valence-corrected chi connectivity index (χ3v) is 2.46. The van der Waals surface area contributed by atoms with E-state index < -0.39 is 6.43 Å². The van der Waals surface area contributed by atoms with Gasteiger partial charge in [0.25, 0.3) is 6.43 Å². The summed E-state index contributed by atoms with van der Waals surface area (Å²) in [6.45, 7) is 3.43. The van der Waals surface area contributed by atoms with Crippen LogP contribution in [-0.2, 0) is 0 Å². The number of aliphatic imine (C=N–C) groups is 1. The fourth-order valence-electron chi connectivity index (χ4n) is 1.23. The van der Waals surface area contributed by atoms with E-state index in [2.05, 4.69) is 19.9 Å². The topological polar surface area (TPSA) is 51.0 Å². The standard InChI is InChI=1S/C12H12Cl2F2N4/c1-3-4-8(9(15)16)6-17-5-7(2)10-18-11(13)20-12(14)19-10/h4-6,9H,3H2,1-2H3/b7-5+,8-4+,17-6-. The Kier molecular flexibility index (Phi) is 6.67. The summed E-state index contributed by atoms with van der Waals surface area (Å²) < 4.78 is 25.2. The fourth-order valence-corrected chi connectivity index (χ4v) is 1.59. The number of aromatic nitrogens is 3. The zero-order valence-corrected chi connectivity index (χ0v) is 12.3. The molecule has 20 heavy (non-hydrogen) atoms. The Bertz CT molecular complexity index is 536. The monoisotopic (exact) mass is 320 g/mol. The van der Waals surface area contributed by atoms with Crippen LogP contribution in [0.15, 0.2) is 22.8 Å². The zero-order chi connectivity index (χ0) is 15.1. The van der Waals surface area contributed by atoms with Crippen LogP contribution in [-0.4, -0.2) is 27.6 Å². The van der Waals surface area contributed by atoms with Crippen LogP contribution in [0.2, 0.25) is 10.6 Å². The van der Waals surface area contributed by atoms with Gasteiger partial charge in [-0.3, -0.25) is 4.99 Å². The molecule has 0 aliphatic carbocycles. The van der Waals surface area contributed by atoms with E-state index in [1.54, 1.807) is 13.8 Å². The minimum absolute atomic E-state index is 0.0455. The van der Waals surface area contributed by atoms with Crippen molar-refractivity contribution in [3.8, 4) is 0 Å². The van der Waals surface area contributed by atoms with Gasteiger partial charge >= 0.3 is 0 Å². The van der Waals surface area contributed by atoms with Crippen LogP contribution in [0.4, 0.5) is 8.78 Å². The second-order valence-electron chi connectivity index (χ2n) is 3.70. The van der Waals surface area contributed by atoms with E-state index >= 15 is 0 Å². The molecule has 0 atom stereocenters. The predicted octanol–water partition coefficient (Wildman–Crippen LogP) is 4.21. The van der Waals surface area contributed by atoms with Gasteiger partial charge in [0.2, 0.25) is 10.6 Å². The van der Waals surface area contributed by atoms with E-state index in [0.29, 0.717) is 12.0 Å². The van der Waals surface area contributed by atoms with E-state index in [1.807, 2.05) is 0 Å². The average molecular weight is 321 g/mol. The molecule has 0 aliphatic heterocycles. The molecule has 1 aromatic rings. The van der Waals surface area contributed by atoms with Crippen molar-refractivity contribution in [3.05, 3.63) is 34.2 Å². The van der Waals surface area contributed by atoms with Gasteiger partial charge in [-0.05, 0) is 36.5 Å². The van der Waals surface area contributed by atoms with Crippen molar-refractivity contribution < 1.29 is 8.78 Å². The molecule has 0 unspecified atom stereocenters. The quantitative estimate of drug-likeness (QED) is 0.763. The molecule has 108 valence electrons. The molecular weight excluding hydrogens is 309 g/mol. The first-order valence-electron chi connectivity index (χ1n) is 5.69. The van der Waals surface area contributed by atoms with Crippen LogP contribution in [0, 0.1) is 0 Å². The van der Waals surface area contributed by atoms with E-state index in [4.69, 9.17) is 23.2 Å². The number of halogens is 4. The number of hydrogen-bond donors (Lipinski definition) is 0. The van der Waals surface area contributed by atoms with Crippen molar-refractivity contribution in [2.24, 2.45) is 4.99 Å². The fraction of sp³-hybridized carbons (Fsp3) is 0.333. The number of rotatable bonds is 5. The molecule has 0 saturated carbocycles. The van der Waals surface area contributed by atoms with Crippen molar-refractivity contribution in [2.75, 3.05) is 0 Å². The van der Waals surface area contributed by atoms with Crippen LogP contribution < -0.4 is 0 Å². The largest absolute Gasteiger partial charge is 0.265 e. The van der Waals surface area contributed by atoms with E-state index in [9.17, 15) is 8.78 Å². The van der Waals surface area contributed by atoms with E-state index in [1.165, 1.54) is 12.3 Å². The van der Waals surface area contributed by atoms with Gasteiger partial charge in [0.1, 0.15) is 0 Å². The molecule has 1 heterocycles. The van der Waals surface area contributed by atoms with E-state index in [0.717, 1.165) is 6.21 Å². The number of hydrogen-bond acceptors (Lipinski definition) is 4. The summed E-state index contributed by atoms with van der Waals surface area (Å²) in [5.74, 6) is 0.241. The Balaban J connectivity index is 2.91. The van der Waals surface area contributed by atoms with Crippen LogP contribution in [0.5, 0.6) is 0 Å². The minimum Gasteiger partial charge on any atom is -0.264 e. The lowest BCUT2D eigenvalue weighted by Crippen LogP contribution is -1.98. The van der Waals surface area contributed by atoms with Crippen LogP contribution in [0.25, 0.3) is 5.57 Å². The maximum absolute atomic E-state index is 12.6. The van der Waals surface area contributed by atoms with E-state index in [-0.39, 0.29) is 22.0 Å². The number of alkyl halides is 2.